The van der Waals surface area contributed by atoms with Crippen LogP contribution in [0.25, 0.3) is 11.3 Å². The van der Waals surface area contributed by atoms with Crippen LogP contribution < -0.4 is 5.32 Å². The Morgan fingerprint density at radius 1 is 1.14 bits per heavy atom. The maximum absolute atomic E-state index is 12.2. The summed E-state index contributed by atoms with van der Waals surface area (Å²) in [7, 11) is 0. The number of carbonyl (C=O) groups is 1. The van der Waals surface area contributed by atoms with E-state index in [1.165, 1.54) is 12.6 Å². The van der Waals surface area contributed by atoms with E-state index in [1.807, 2.05) is 24.3 Å². The zero-order valence-corrected chi connectivity index (χ0v) is 12.4. The molecule has 0 saturated heterocycles. The zero-order valence-electron chi connectivity index (χ0n) is 10.8. The minimum atomic E-state index is -0.224. The predicted octanol–water partition coefficient (Wildman–Crippen LogP) is 3.75. The normalized spacial score (nSPS) is 10.3. The van der Waals surface area contributed by atoms with E-state index in [1.54, 1.807) is 18.5 Å². The second-order valence-electron chi connectivity index (χ2n) is 4.29. The molecule has 0 aliphatic carbocycles. The van der Waals surface area contributed by atoms with Crippen LogP contribution in [0.1, 0.15) is 10.4 Å². The molecule has 0 aliphatic heterocycles. The van der Waals surface area contributed by atoms with Crippen LogP contribution in [0.15, 0.2) is 64.2 Å². The highest BCUT2D eigenvalue weighted by molar-refractivity contribution is 9.10. The van der Waals surface area contributed by atoms with Gasteiger partial charge in [0.05, 0.1) is 11.8 Å². The second kappa shape index (κ2) is 5.88. The summed E-state index contributed by atoms with van der Waals surface area (Å²) >= 11 is 3.29. The Balaban J connectivity index is 1.82. The SMILES string of the molecule is O=C(Nc1cccc(-c2cnco2)c1)c1cncc(Br)c1. The van der Waals surface area contributed by atoms with Crippen molar-refractivity contribution in [2.45, 2.75) is 0 Å². The van der Waals surface area contributed by atoms with Gasteiger partial charge in [0.1, 0.15) is 0 Å². The minimum absolute atomic E-state index is 0.224. The summed E-state index contributed by atoms with van der Waals surface area (Å²) in [5.74, 6) is 0.425. The highest BCUT2D eigenvalue weighted by Gasteiger charge is 2.08. The largest absolute Gasteiger partial charge is 0.444 e. The Hall–Kier alpha value is -2.47. The fraction of sp³-hybridized carbons (Fsp3) is 0. The molecule has 0 fully saturated rings. The number of aromatic nitrogens is 2. The summed E-state index contributed by atoms with van der Waals surface area (Å²) in [5.41, 5.74) is 2.00. The van der Waals surface area contributed by atoms with Gasteiger partial charge in [-0.2, -0.15) is 0 Å². The predicted molar refractivity (Wildman–Crippen MR) is 81.8 cm³/mol. The molecule has 3 rings (SSSR count). The molecule has 6 heteroatoms. The highest BCUT2D eigenvalue weighted by atomic mass is 79.9. The van der Waals surface area contributed by atoms with Gasteiger partial charge in [-0.15, -0.1) is 0 Å². The lowest BCUT2D eigenvalue weighted by Crippen LogP contribution is -2.12. The van der Waals surface area contributed by atoms with Gasteiger partial charge in [0.25, 0.3) is 5.91 Å². The highest BCUT2D eigenvalue weighted by Crippen LogP contribution is 2.22. The number of benzene rings is 1. The van der Waals surface area contributed by atoms with Crippen molar-refractivity contribution in [3.05, 3.63) is 65.4 Å². The van der Waals surface area contributed by atoms with Crippen LogP contribution >= 0.6 is 15.9 Å². The van der Waals surface area contributed by atoms with Crippen LogP contribution in [0.3, 0.4) is 0 Å². The van der Waals surface area contributed by atoms with Gasteiger partial charge in [-0.1, -0.05) is 12.1 Å². The van der Waals surface area contributed by atoms with Crippen LogP contribution in [0, 0.1) is 0 Å². The molecule has 1 amide bonds. The molecule has 0 spiro atoms. The Morgan fingerprint density at radius 3 is 2.81 bits per heavy atom. The van der Waals surface area contributed by atoms with Crippen LogP contribution in [0.4, 0.5) is 5.69 Å². The van der Waals surface area contributed by atoms with E-state index in [0.717, 1.165) is 10.0 Å². The summed E-state index contributed by atoms with van der Waals surface area (Å²) in [6.45, 7) is 0. The van der Waals surface area contributed by atoms with Crippen LogP contribution in [0.2, 0.25) is 0 Å². The van der Waals surface area contributed by atoms with E-state index in [9.17, 15) is 4.79 Å². The first kappa shape index (κ1) is 13.5. The van der Waals surface area contributed by atoms with Crippen LogP contribution in [-0.4, -0.2) is 15.9 Å². The van der Waals surface area contributed by atoms with Crippen molar-refractivity contribution in [2.24, 2.45) is 0 Å². The van der Waals surface area contributed by atoms with E-state index in [4.69, 9.17) is 4.42 Å². The molecular weight excluding hydrogens is 334 g/mol. The lowest BCUT2D eigenvalue weighted by Gasteiger charge is -2.06. The Morgan fingerprint density at radius 2 is 2.05 bits per heavy atom. The first-order valence-electron chi connectivity index (χ1n) is 6.13. The number of nitrogens with one attached hydrogen (secondary N) is 1. The van der Waals surface area contributed by atoms with Gasteiger partial charge < -0.3 is 9.73 Å². The molecule has 0 aliphatic rings. The molecule has 0 saturated carbocycles. The summed E-state index contributed by atoms with van der Waals surface area (Å²) in [6, 6.07) is 9.07. The van der Waals surface area contributed by atoms with Gasteiger partial charge in [0.15, 0.2) is 12.2 Å². The van der Waals surface area contributed by atoms with Crippen LogP contribution in [-0.2, 0) is 0 Å². The molecule has 2 aromatic heterocycles. The maximum Gasteiger partial charge on any atom is 0.257 e. The van der Waals surface area contributed by atoms with Crippen molar-refractivity contribution in [2.75, 3.05) is 5.32 Å². The van der Waals surface area contributed by atoms with Crippen molar-refractivity contribution in [1.29, 1.82) is 0 Å². The number of hydrogen-bond acceptors (Lipinski definition) is 4. The average Bonchev–Trinajstić information content (AvgIpc) is 3.02. The van der Waals surface area contributed by atoms with E-state index in [0.29, 0.717) is 17.0 Å². The van der Waals surface area contributed by atoms with Gasteiger partial charge in [-0.25, -0.2) is 4.98 Å². The molecule has 5 nitrogen and oxygen atoms in total. The van der Waals surface area contributed by atoms with Crippen molar-refractivity contribution < 1.29 is 9.21 Å². The van der Waals surface area contributed by atoms with Crippen molar-refractivity contribution >= 4 is 27.5 Å². The van der Waals surface area contributed by atoms with Gasteiger partial charge in [0.2, 0.25) is 0 Å². The number of amides is 1. The number of anilines is 1. The third-order valence-electron chi connectivity index (χ3n) is 2.80. The fourth-order valence-electron chi connectivity index (χ4n) is 1.85. The minimum Gasteiger partial charge on any atom is -0.444 e. The molecule has 0 unspecified atom stereocenters. The lowest BCUT2D eigenvalue weighted by atomic mass is 10.1. The van der Waals surface area contributed by atoms with E-state index in [-0.39, 0.29) is 5.91 Å². The number of carbonyl (C=O) groups excluding carboxylic acids is 1. The molecule has 1 N–H and O–H groups in total. The molecule has 3 aromatic rings. The Kier molecular flexibility index (Phi) is 3.79. The van der Waals surface area contributed by atoms with Gasteiger partial charge in [-0.05, 0) is 34.1 Å². The van der Waals surface area contributed by atoms with E-state index < -0.39 is 0 Å². The molecular formula is C15H10BrN3O2. The number of pyridine rings is 1. The first-order valence-corrected chi connectivity index (χ1v) is 6.92. The second-order valence-corrected chi connectivity index (χ2v) is 5.21. The zero-order chi connectivity index (χ0) is 14.7. The fourth-order valence-corrected chi connectivity index (χ4v) is 2.21. The van der Waals surface area contributed by atoms with E-state index >= 15 is 0 Å². The van der Waals surface area contributed by atoms with Gasteiger partial charge >= 0.3 is 0 Å². The summed E-state index contributed by atoms with van der Waals surface area (Å²) in [6.07, 6.45) is 6.13. The quantitative estimate of drug-likeness (QED) is 0.786. The van der Waals surface area contributed by atoms with Crippen LogP contribution in [0.5, 0.6) is 0 Å². The monoisotopic (exact) mass is 343 g/mol. The third-order valence-corrected chi connectivity index (χ3v) is 3.24. The lowest BCUT2D eigenvalue weighted by molar-refractivity contribution is 0.102. The maximum atomic E-state index is 12.2. The van der Waals surface area contributed by atoms with E-state index in [2.05, 4.69) is 31.2 Å². The van der Waals surface area contributed by atoms with Crippen molar-refractivity contribution in [3.63, 3.8) is 0 Å². The van der Waals surface area contributed by atoms with Crippen molar-refractivity contribution in [1.82, 2.24) is 9.97 Å². The Bertz CT molecular complexity index is 772. The number of nitrogens with zero attached hydrogens (tertiary/aromatic N) is 2. The number of oxazole rings is 1. The molecule has 21 heavy (non-hydrogen) atoms. The topological polar surface area (TPSA) is 68.0 Å². The molecule has 2 heterocycles. The smallest absolute Gasteiger partial charge is 0.257 e. The van der Waals surface area contributed by atoms with Gasteiger partial charge in [0, 0.05) is 28.1 Å². The standard InChI is InChI=1S/C15H10BrN3O2/c16-12-4-11(6-17-7-12)15(20)19-13-3-1-2-10(5-13)14-8-18-9-21-14/h1-9H,(H,19,20). The van der Waals surface area contributed by atoms with Gasteiger partial charge in [-0.3, -0.25) is 9.78 Å². The average molecular weight is 344 g/mol. The molecule has 104 valence electrons. The molecule has 0 radical (unpaired) electrons. The van der Waals surface area contributed by atoms with Crippen molar-refractivity contribution in [3.8, 4) is 11.3 Å². The Labute approximate surface area is 129 Å². The first-order chi connectivity index (χ1) is 10.2. The molecule has 0 atom stereocenters. The number of rotatable bonds is 3. The molecule has 0 bridgehead atoms. The number of hydrogen-bond donors (Lipinski definition) is 1. The summed E-state index contributed by atoms with van der Waals surface area (Å²) in [4.78, 5) is 20.0. The summed E-state index contributed by atoms with van der Waals surface area (Å²) in [5, 5.41) is 2.83. The summed E-state index contributed by atoms with van der Waals surface area (Å²) < 4.78 is 6.00. The number of halogens is 1. The third kappa shape index (κ3) is 3.17. The molecule has 1 aromatic carbocycles.